The van der Waals surface area contributed by atoms with E-state index in [-0.39, 0.29) is 0 Å². The molecule has 0 saturated heterocycles. The van der Waals surface area contributed by atoms with Crippen LogP contribution < -0.4 is 5.32 Å². The van der Waals surface area contributed by atoms with Gasteiger partial charge in [0, 0.05) is 5.69 Å². The highest BCUT2D eigenvalue weighted by molar-refractivity contribution is 7.86. The SMILES string of the molecule is CC(C)(C)C(Nc1ccccc1)S(=O)(=O)O. The summed E-state index contributed by atoms with van der Waals surface area (Å²) in [4.78, 5) is 0. The lowest BCUT2D eigenvalue weighted by atomic mass is 9.96. The second-order valence-corrected chi connectivity index (χ2v) is 6.27. The fraction of sp³-hybridized carbons (Fsp3) is 0.455. The van der Waals surface area contributed by atoms with Crippen molar-refractivity contribution >= 4 is 15.8 Å². The highest BCUT2D eigenvalue weighted by Crippen LogP contribution is 2.26. The summed E-state index contributed by atoms with van der Waals surface area (Å²) < 4.78 is 31.7. The van der Waals surface area contributed by atoms with Gasteiger partial charge in [0.05, 0.1) is 0 Å². The molecule has 0 spiro atoms. The Bertz CT molecular complexity index is 434. The van der Waals surface area contributed by atoms with Gasteiger partial charge in [0.15, 0.2) is 5.37 Å². The van der Waals surface area contributed by atoms with Crippen LogP contribution in [0.5, 0.6) is 0 Å². The zero-order valence-electron chi connectivity index (χ0n) is 9.64. The minimum atomic E-state index is -4.13. The van der Waals surface area contributed by atoms with Crippen LogP contribution in [0.25, 0.3) is 0 Å². The molecule has 0 aliphatic rings. The molecule has 1 atom stereocenters. The smallest absolute Gasteiger partial charge is 0.286 e. The molecule has 1 unspecified atom stereocenters. The molecule has 0 fully saturated rings. The van der Waals surface area contributed by atoms with Crippen molar-refractivity contribution in [2.24, 2.45) is 5.41 Å². The van der Waals surface area contributed by atoms with Gasteiger partial charge >= 0.3 is 0 Å². The summed E-state index contributed by atoms with van der Waals surface area (Å²) in [5.41, 5.74) is 0.0729. The number of rotatable bonds is 3. The molecule has 0 aliphatic carbocycles. The minimum absolute atomic E-state index is 0.594. The van der Waals surface area contributed by atoms with E-state index < -0.39 is 20.9 Å². The van der Waals surface area contributed by atoms with Gasteiger partial charge in [0.2, 0.25) is 0 Å². The van der Waals surface area contributed by atoms with Crippen LogP contribution in [0, 0.1) is 5.41 Å². The van der Waals surface area contributed by atoms with Gasteiger partial charge in [-0.1, -0.05) is 39.0 Å². The highest BCUT2D eigenvalue weighted by Gasteiger charge is 2.35. The Hall–Kier alpha value is -1.07. The van der Waals surface area contributed by atoms with Crippen LogP contribution in [0.4, 0.5) is 5.69 Å². The third-order valence-electron chi connectivity index (χ3n) is 2.16. The van der Waals surface area contributed by atoms with Crippen molar-refractivity contribution in [3.63, 3.8) is 0 Å². The third-order valence-corrected chi connectivity index (χ3v) is 3.58. The van der Waals surface area contributed by atoms with Crippen LogP contribution in [0.2, 0.25) is 0 Å². The first-order valence-corrected chi connectivity index (χ1v) is 6.49. The number of hydrogen-bond acceptors (Lipinski definition) is 3. The molecular formula is C11H17NO3S. The number of para-hydroxylation sites is 1. The predicted octanol–water partition coefficient (Wildman–Crippen LogP) is 2.36. The van der Waals surface area contributed by atoms with Crippen molar-refractivity contribution in [1.29, 1.82) is 0 Å². The normalized spacial score (nSPS) is 14.5. The van der Waals surface area contributed by atoms with Crippen molar-refractivity contribution in [3.05, 3.63) is 30.3 Å². The molecule has 4 nitrogen and oxygen atoms in total. The summed E-state index contributed by atoms with van der Waals surface area (Å²) in [6.07, 6.45) is 0. The summed E-state index contributed by atoms with van der Waals surface area (Å²) in [7, 11) is -4.13. The van der Waals surface area contributed by atoms with Crippen LogP contribution in [-0.2, 0) is 10.1 Å². The van der Waals surface area contributed by atoms with E-state index >= 15 is 0 Å². The molecule has 0 amide bonds. The van der Waals surface area contributed by atoms with Gasteiger partial charge in [-0.15, -0.1) is 0 Å². The second kappa shape index (κ2) is 4.43. The number of nitrogens with one attached hydrogen (secondary N) is 1. The number of hydrogen-bond donors (Lipinski definition) is 2. The first-order chi connectivity index (χ1) is 7.21. The lowest BCUT2D eigenvalue weighted by Gasteiger charge is -2.29. The molecule has 0 heterocycles. The Morgan fingerprint density at radius 2 is 1.69 bits per heavy atom. The molecule has 0 saturated carbocycles. The van der Waals surface area contributed by atoms with E-state index in [1.54, 1.807) is 45.0 Å². The van der Waals surface area contributed by atoms with Crippen molar-refractivity contribution in [2.45, 2.75) is 26.1 Å². The third kappa shape index (κ3) is 3.50. The van der Waals surface area contributed by atoms with Crippen molar-refractivity contribution in [1.82, 2.24) is 0 Å². The van der Waals surface area contributed by atoms with Crippen LogP contribution >= 0.6 is 0 Å². The first-order valence-electron chi connectivity index (χ1n) is 4.99. The van der Waals surface area contributed by atoms with Gasteiger partial charge in [-0.05, 0) is 17.5 Å². The van der Waals surface area contributed by atoms with Gasteiger partial charge in [0.1, 0.15) is 0 Å². The largest absolute Gasteiger partial charge is 0.367 e. The average molecular weight is 243 g/mol. The molecule has 5 heteroatoms. The average Bonchev–Trinajstić information content (AvgIpc) is 2.12. The molecule has 2 N–H and O–H groups in total. The Labute approximate surface area is 96.4 Å². The molecule has 1 aromatic rings. The van der Waals surface area contributed by atoms with Crippen LogP contribution in [0.3, 0.4) is 0 Å². The van der Waals surface area contributed by atoms with Gasteiger partial charge < -0.3 is 5.32 Å². The van der Waals surface area contributed by atoms with E-state index in [0.717, 1.165) is 0 Å². The van der Waals surface area contributed by atoms with E-state index in [1.165, 1.54) is 0 Å². The predicted molar refractivity (Wildman–Crippen MR) is 64.9 cm³/mol. The number of benzene rings is 1. The van der Waals surface area contributed by atoms with E-state index in [4.69, 9.17) is 0 Å². The molecule has 1 aromatic carbocycles. The Kier molecular flexibility index (Phi) is 3.60. The Morgan fingerprint density at radius 1 is 1.19 bits per heavy atom. The fourth-order valence-electron chi connectivity index (χ4n) is 1.42. The lowest BCUT2D eigenvalue weighted by molar-refractivity contribution is 0.369. The summed E-state index contributed by atoms with van der Waals surface area (Å²) in [5, 5.41) is 1.80. The van der Waals surface area contributed by atoms with Gasteiger partial charge in [0.25, 0.3) is 10.1 Å². The van der Waals surface area contributed by atoms with Crippen molar-refractivity contribution < 1.29 is 13.0 Å². The maximum absolute atomic E-state index is 11.3. The standard InChI is InChI=1S/C11H17NO3S/c1-11(2,3)10(16(13,14)15)12-9-7-5-4-6-8-9/h4-8,10,12H,1-3H3,(H,13,14,15). The molecular weight excluding hydrogens is 226 g/mol. The Balaban J connectivity index is 2.99. The fourth-order valence-corrected chi connectivity index (χ4v) is 2.60. The van der Waals surface area contributed by atoms with Crippen molar-refractivity contribution in [2.75, 3.05) is 5.32 Å². The van der Waals surface area contributed by atoms with Crippen LogP contribution in [0.15, 0.2) is 30.3 Å². The quantitative estimate of drug-likeness (QED) is 0.800. The lowest BCUT2D eigenvalue weighted by Crippen LogP contribution is -2.40. The summed E-state index contributed by atoms with van der Waals surface area (Å²) in [6, 6.07) is 8.94. The second-order valence-electron chi connectivity index (χ2n) is 4.77. The van der Waals surface area contributed by atoms with Crippen LogP contribution in [-0.4, -0.2) is 18.3 Å². The monoisotopic (exact) mass is 243 g/mol. The maximum atomic E-state index is 11.3. The Morgan fingerprint density at radius 3 is 2.06 bits per heavy atom. The summed E-state index contributed by atoms with van der Waals surface area (Å²) in [6.45, 7) is 5.25. The summed E-state index contributed by atoms with van der Waals surface area (Å²) >= 11 is 0. The van der Waals surface area contributed by atoms with E-state index in [9.17, 15) is 13.0 Å². The van der Waals surface area contributed by atoms with Gasteiger partial charge in [-0.3, -0.25) is 4.55 Å². The van der Waals surface area contributed by atoms with Gasteiger partial charge in [-0.25, -0.2) is 0 Å². The summed E-state index contributed by atoms with van der Waals surface area (Å²) in [5.74, 6) is 0. The first kappa shape index (κ1) is 13.0. The number of anilines is 1. The maximum Gasteiger partial charge on any atom is 0.286 e. The van der Waals surface area contributed by atoms with E-state index in [0.29, 0.717) is 5.69 Å². The zero-order valence-corrected chi connectivity index (χ0v) is 10.5. The minimum Gasteiger partial charge on any atom is -0.367 e. The van der Waals surface area contributed by atoms with Crippen molar-refractivity contribution in [3.8, 4) is 0 Å². The molecule has 16 heavy (non-hydrogen) atoms. The van der Waals surface area contributed by atoms with E-state index in [1.807, 2.05) is 6.07 Å². The zero-order chi connectivity index (χ0) is 12.4. The molecule has 0 radical (unpaired) electrons. The van der Waals surface area contributed by atoms with Gasteiger partial charge in [-0.2, -0.15) is 8.42 Å². The molecule has 90 valence electrons. The topological polar surface area (TPSA) is 66.4 Å². The molecule has 1 rings (SSSR count). The molecule has 0 aromatic heterocycles. The van der Waals surface area contributed by atoms with Crippen LogP contribution in [0.1, 0.15) is 20.8 Å². The van der Waals surface area contributed by atoms with E-state index in [2.05, 4.69) is 5.32 Å². The highest BCUT2D eigenvalue weighted by atomic mass is 32.2. The molecule has 0 aliphatic heterocycles. The molecule has 0 bridgehead atoms.